The lowest BCUT2D eigenvalue weighted by Crippen LogP contribution is -2.39. The van der Waals surface area contributed by atoms with Crippen molar-refractivity contribution in [3.8, 4) is 5.75 Å². The maximum absolute atomic E-state index is 12.6. The molecule has 0 saturated carbocycles. The van der Waals surface area contributed by atoms with Gasteiger partial charge in [-0.2, -0.15) is 0 Å². The molecule has 0 unspecified atom stereocenters. The van der Waals surface area contributed by atoms with Crippen LogP contribution in [0.2, 0.25) is 0 Å². The Balaban J connectivity index is 1.29. The third-order valence-electron chi connectivity index (χ3n) is 4.98. The Morgan fingerprint density at radius 1 is 1.15 bits per heavy atom. The van der Waals surface area contributed by atoms with Gasteiger partial charge in [-0.05, 0) is 43.5 Å². The molecule has 2 aromatic carbocycles. The first kappa shape index (κ1) is 18.0. The average Bonchev–Trinajstić information content (AvgIpc) is 3.16. The quantitative estimate of drug-likeness (QED) is 0.574. The van der Waals surface area contributed by atoms with E-state index in [1.54, 1.807) is 11.3 Å². The summed E-state index contributed by atoms with van der Waals surface area (Å²) in [7, 11) is 0. The summed E-state index contributed by atoms with van der Waals surface area (Å²) in [5.74, 6) is 1.46. The second-order valence-corrected chi connectivity index (χ2v) is 8.03. The van der Waals surface area contributed by atoms with Crippen molar-refractivity contribution in [1.82, 2.24) is 9.88 Å². The smallest absolute Gasteiger partial charge is 0.222 e. The van der Waals surface area contributed by atoms with E-state index >= 15 is 0 Å². The Labute approximate surface area is 163 Å². The molecule has 3 aromatic rings. The summed E-state index contributed by atoms with van der Waals surface area (Å²) in [6.07, 6.45) is 3.45. The van der Waals surface area contributed by atoms with Crippen LogP contribution in [0.1, 0.15) is 36.6 Å². The Kier molecular flexibility index (Phi) is 5.68. The molecule has 1 aliphatic rings. The number of hydrogen-bond acceptors (Lipinski definition) is 4. The van der Waals surface area contributed by atoms with Gasteiger partial charge in [0.25, 0.3) is 0 Å². The van der Waals surface area contributed by atoms with Crippen molar-refractivity contribution < 1.29 is 9.53 Å². The largest absolute Gasteiger partial charge is 0.494 e. The molecule has 1 atom stereocenters. The van der Waals surface area contributed by atoms with Crippen molar-refractivity contribution >= 4 is 27.5 Å². The molecule has 1 aliphatic heterocycles. The SMILES string of the molecule is O=C(CCCOc1ccccc1)N1CCC[C@@H](c2nc3ccccc3s2)C1. The lowest BCUT2D eigenvalue weighted by molar-refractivity contribution is -0.132. The van der Waals surface area contributed by atoms with Crippen molar-refractivity contribution in [3.63, 3.8) is 0 Å². The fourth-order valence-corrected chi connectivity index (χ4v) is 4.65. The van der Waals surface area contributed by atoms with Crippen LogP contribution >= 0.6 is 11.3 Å². The van der Waals surface area contributed by atoms with E-state index in [1.165, 1.54) is 9.71 Å². The van der Waals surface area contributed by atoms with Crippen molar-refractivity contribution in [2.75, 3.05) is 19.7 Å². The molecular weight excluding hydrogens is 356 g/mol. The van der Waals surface area contributed by atoms with Crippen molar-refractivity contribution in [2.24, 2.45) is 0 Å². The topological polar surface area (TPSA) is 42.4 Å². The molecule has 1 amide bonds. The predicted molar refractivity (Wildman–Crippen MR) is 109 cm³/mol. The second kappa shape index (κ2) is 8.53. The number of benzene rings is 2. The number of fused-ring (bicyclic) bond motifs is 1. The maximum Gasteiger partial charge on any atom is 0.222 e. The molecule has 1 fully saturated rings. The van der Waals surface area contributed by atoms with Gasteiger partial charge in [0, 0.05) is 25.4 Å². The van der Waals surface area contributed by atoms with Gasteiger partial charge in [-0.1, -0.05) is 30.3 Å². The Bertz CT molecular complexity index is 860. The van der Waals surface area contributed by atoms with E-state index in [4.69, 9.17) is 9.72 Å². The third kappa shape index (κ3) is 4.48. The van der Waals surface area contributed by atoms with Crippen molar-refractivity contribution in [1.29, 1.82) is 0 Å². The Morgan fingerprint density at radius 2 is 1.96 bits per heavy atom. The first-order valence-electron chi connectivity index (χ1n) is 9.61. The van der Waals surface area contributed by atoms with Crippen LogP contribution in [-0.4, -0.2) is 35.5 Å². The van der Waals surface area contributed by atoms with E-state index in [0.717, 1.165) is 43.6 Å². The normalized spacial score (nSPS) is 17.2. The first-order chi connectivity index (χ1) is 13.3. The highest BCUT2D eigenvalue weighted by atomic mass is 32.1. The number of thiazole rings is 1. The van der Waals surface area contributed by atoms with E-state index in [1.807, 2.05) is 41.3 Å². The molecule has 0 radical (unpaired) electrons. The van der Waals surface area contributed by atoms with Gasteiger partial charge in [-0.15, -0.1) is 11.3 Å². The van der Waals surface area contributed by atoms with Crippen LogP contribution < -0.4 is 4.74 Å². The standard InChI is InChI=1S/C22H24N2O2S/c25-21(13-7-15-26-18-9-2-1-3-10-18)24-14-6-8-17(16-24)22-23-19-11-4-5-12-20(19)27-22/h1-5,9-12,17H,6-8,13-16H2/t17-/m1/s1. The molecule has 0 N–H and O–H groups in total. The number of carbonyl (C=O) groups is 1. The van der Waals surface area contributed by atoms with Gasteiger partial charge in [0.2, 0.25) is 5.91 Å². The third-order valence-corrected chi connectivity index (χ3v) is 6.18. The molecule has 0 bridgehead atoms. The molecule has 0 aliphatic carbocycles. The van der Waals surface area contributed by atoms with E-state index in [-0.39, 0.29) is 5.91 Å². The summed E-state index contributed by atoms with van der Waals surface area (Å²) in [6.45, 7) is 2.23. The van der Waals surface area contributed by atoms with Crippen LogP contribution in [0.3, 0.4) is 0 Å². The highest BCUT2D eigenvalue weighted by molar-refractivity contribution is 7.18. The van der Waals surface area contributed by atoms with Gasteiger partial charge in [-0.3, -0.25) is 4.79 Å². The number of nitrogens with zero attached hydrogens (tertiary/aromatic N) is 2. The zero-order chi connectivity index (χ0) is 18.5. The van der Waals surface area contributed by atoms with Crippen LogP contribution in [0.5, 0.6) is 5.75 Å². The molecule has 140 valence electrons. The fourth-order valence-electron chi connectivity index (χ4n) is 3.56. The lowest BCUT2D eigenvalue weighted by Gasteiger charge is -2.32. The molecule has 4 nitrogen and oxygen atoms in total. The maximum atomic E-state index is 12.6. The van der Waals surface area contributed by atoms with E-state index in [0.29, 0.717) is 18.9 Å². The number of ether oxygens (including phenoxy) is 1. The number of likely N-dealkylation sites (tertiary alicyclic amines) is 1. The van der Waals surface area contributed by atoms with Gasteiger partial charge >= 0.3 is 0 Å². The summed E-state index contributed by atoms with van der Waals surface area (Å²) in [5, 5.41) is 1.17. The molecule has 5 heteroatoms. The van der Waals surface area contributed by atoms with Gasteiger partial charge in [0.05, 0.1) is 21.8 Å². The highest BCUT2D eigenvalue weighted by Gasteiger charge is 2.26. The van der Waals surface area contributed by atoms with E-state index in [9.17, 15) is 4.79 Å². The Morgan fingerprint density at radius 3 is 2.81 bits per heavy atom. The summed E-state index contributed by atoms with van der Waals surface area (Å²) < 4.78 is 6.92. The molecule has 1 saturated heterocycles. The van der Waals surface area contributed by atoms with Crippen LogP contribution in [0, 0.1) is 0 Å². The minimum absolute atomic E-state index is 0.234. The minimum atomic E-state index is 0.234. The zero-order valence-electron chi connectivity index (χ0n) is 15.3. The summed E-state index contributed by atoms with van der Waals surface area (Å²) in [6, 6.07) is 18.0. The number of hydrogen-bond donors (Lipinski definition) is 0. The average molecular weight is 381 g/mol. The molecule has 2 heterocycles. The number of rotatable bonds is 6. The lowest BCUT2D eigenvalue weighted by atomic mass is 9.98. The van der Waals surface area contributed by atoms with Gasteiger partial charge in [-0.25, -0.2) is 4.98 Å². The molecule has 0 spiro atoms. The number of piperidine rings is 1. The predicted octanol–water partition coefficient (Wildman–Crippen LogP) is 4.86. The first-order valence-corrected chi connectivity index (χ1v) is 10.4. The summed E-state index contributed by atoms with van der Waals surface area (Å²) >= 11 is 1.77. The van der Waals surface area contributed by atoms with Crippen molar-refractivity contribution in [3.05, 3.63) is 59.6 Å². The van der Waals surface area contributed by atoms with E-state index in [2.05, 4.69) is 18.2 Å². The van der Waals surface area contributed by atoms with Gasteiger partial charge in [0.1, 0.15) is 5.75 Å². The number of amides is 1. The van der Waals surface area contributed by atoms with Crippen LogP contribution in [-0.2, 0) is 4.79 Å². The second-order valence-electron chi connectivity index (χ2n) is 6.96. The summed E-state index contributed by atoms with van der Waals surface area (Å²) in [5.41, 5.74) is 1.07. The van der Waals surface area contributed by atoms with Crippen LogP contribution in [0.25, 0.3) is 10.2 Å². The zero-order valence-corrected chi connectivity index (χ0v) is 16.2. The van der Waals surface area contributed by atoms with Crippen molar-refractivity contribution in [2.45, 2.75) is 31.6 Å². The minimum Gasteiger partial charge on any atom is -0.494 e. The van der Waals surface area contributed by atoms with Gasteiger partial charge in [0.15, 0.2) is 0 Å². The number of para-hydroxylation sites is 2. The highest BCUT2D eigenvalue weighted by Crippen LogP contribution is 2.33. The summed E-state index contributed by atoms with van der Waals surface area (Å²) in [4.78, 5) is 19.4. The fraction of sp³-hybridized carbons (Fsp3) is 0.364. The Hall–Kier alpha value is -2.40. The number of carbonyl (C=O) groups excluding carboxylic acids is 1. The molecule has 27 heavy (non-hydrogen) atoms. The molecule has 4 rings (SSSR count). The van der Waals surface area contributed by atoms with Crippen LogP contribution in [0.4, 0.5) is 0 Å². The molecule has 1 aromatic heterocycles. The number of aromatic nitrogens is 1. The molecular formula is C22H24N2O2S. The van der Waals surface area contributed by atoms with E-state index < -0.39 is 0 Å². The van der Waals surface area contributed by atoms with Crippen LogP contribution in [0.15, 0.2) is 54.6 Å². The monoisotopic (exact) mass is 380 g/mol. The van der Waals surface area contributed by atoms with Gasteiger partial charge < -0.3 is 9.64 Å².